The molecular weight excluding hydrogens is 388 g/mol. The molecule has 1 aliphatic rings. The highest BCUT2D eigenvalue weighted by Gasteiger charge is 2.21. The van der Waals surface area contributed by atoms with E-state index in [1.54, 1.807) is 12.1 Å². The third-order valence-electron chi connectivity index (χ3n) is 5.21. The Morgan fingerprint density at radius 3 is 2.48 bits per heavy atom. The second-order valence-corrected chi connectivity index (χ2v) is 7.61. The van der Waals surface area contributed by atoms with Crippen molar-refractivity contribution in [2.24, 2.45) is 0 Å². The molecule has 0 amide bonds. The molecule has 1 aromatic heterocycles. The van der Waals surface area contributed by atoms with Crippen LogP contribution in [-0.2, 0) is 13.2 Å². The quantitative estimate of drug-likeness (QED) is 0.677. The molecule has 2 aromatic carbocycles. The highest BCUT2D eigenvalue weighted by molar-refractivity contribution is 6.31. The second-order valence-electron chi connectivity index (χ2n) is 7.20. The lowest BCUT2D eigenvalue weighted by atomic mass is 10.2. The van der Waals surface area contributed by atoms with E-state index in [1.165, 1.54) is 16.9 Å². The summed E-state index contributed by atoms with van der Waals surface area (Å²) in [6.45, 7) is 4.91. The number of ether oxygens (including phenoxy) is 1. The first-order valence-corrected chi connectivity index (χ1v) is 10.2. The van der Waals surface area contributed by atoms with Gasteiger partial charge in [-0.1, -0.05) is 48.0 Å². The topological polar surface area (TPSA) is 47.1 Å². The summed E-state index contributed by atoms with van der Waals surface area (Å²) in [5.74, 6) is 0.890. The molecule has 150 valence electrons. The summed E-state index contributed by atoms with van der Waals surface area (Å²) in [4.78, 5) is 16.2. The minimum Gasteiger partial charge on any atom is -0.482 e. The average Bonchev–Trinajstić information content (AvgIpc) is 2.75. The molecule has 0 spiro atoms. The molecule has 1 fully saturated rings. The van der Waals surface area contributed by atoms with Gasteiger partial charge < -0.3 is 19.0 Å². The molecule has 1 saturated heterocycles. The largest absolute Gasteiger partial charge is 0.482 e. The van der Waals surface area contributed by atoms with Crippen LogP contribution in [0.4, 0.5) is 5.69 Å². The Balaban J connectivity index is 1.32. The molecule has 0 atom stereocenters. The zero-order chi connectivity index (χ0) is 20.1. The summed E-state index contributed by atoms with van der Waals surface area (Å²) in [5, 5.41) is 0.617. The van der Waals surface area contributed by atoms with Crippen LogP contribution in [0.15, 0.2) is 76.1 Å². The van der Waals surface area contributed by atoms with Gasteiger partial charge in [-0.15, -0.1) is 0 Å². The van der Waals surface area contributed by atoms with Crippen molar-refractivity contribution in [3.8, 4) is 5.75 Å². The number of piperazine rings is 1. The summed E-state index contributed by atoms with van der Waals surface area (Å²) in [6, 6.07) is 19.4. The molecule has 1 aliphatic heterocycles. The van der Waals surface area contributed by atoms with Gasteiger partial charge >= 0.3 is 0 Å². The number of hydrogen-bond donors (Lipinski definition) is 1. The van der Waals surface area contributed by atoms with Crippen LogP contribution in [-0.4, -0.2) is 26.2 Å². The third-order valence-corrected chi connectivity index (χ3v) is 5.58. The fourth-order valence-corrected chi connectivity index (χ4v) is 3.74. The van der Waals surface area contributed by atoms with Crippen molar-refractivity contribution in [2.75, 3.05) is 31.1 Å². The van der Waals surface area contributed by atoms with Gasteiger partial charge in [0.1, 0.15) is 19.4 Å². The summed E-state index contributed by atoms with van der Waals surface area (Å²) in [6.07, 6.45) is 1.41. The molecule has 1 N–H and O–H groups in total. The van der Waals surface area contributed by atoms with Crippen molar-refractivity contribution < 1.29 is 14.1 Å². The highest BCUT2D eigenvalue weighted by atomic mass is 35.5. The van der Waals surface area contributed by atoms with E-state index in [-0.39, 0.29) is 17.8 Å². The predicted octanol–water partition coefficient (Wildman–Crippen LogP) is 2.78. The molecule has 0 saturated carbocycles. The minimum absolute atomic E-state index is 0.166. The molecular formula is C23H24ClN2O3+. The monoisotopic (exact) mass is 411 g/mol. The number of nitrogens with zero attached hydrogens (tertiary/aromatic N) is 1. The van der Waals surface area contributed by atoms with Crippen LogP contribution >= 0.6 is 11.6 Å². The molecule has 0 radical (unpaired) electrons. The molecule has 29 heavy (non-hydrogen) atoms. The Hall–Kier alpha value is -2.76. The first-order valence-electron chi connectivity index (χ1n) is 9.80. The summed E-state index contributed by atoms with van der Waals surface area (Å²) < 4.78 is 11.3. The number of hydrogen-bond acceptors (Lipinski definition) is 4. The van der Waals surface area contributed by atoms with Crippen LogP contribution in [0.25, 0.3) is 0 Å². The fourth-order valence-electron chi connectivity index (χ4n) is 3.55. The van der Waals surface area contributed by atoms with E-state index in [2.05, 4.69) is 29.2 Å². The normalized spacial score (nSPS) is 14.7. The van der Waals surface area contributed by atoms with Crippen molar-refractivity contribution in [3.05, 3.63) is 93.5 Å². The van der Waals surface area contributed by atoms with Crippen LogP contribution in [0.5, 0.6) is 5.75 Å². The molecule has 6 heteroatoms. The van der Waals surface area contributed by atoms with Crippen LogP contribution in [0.3, 0.4) is 0 Å². The predicted molar refractivity (Wildman–Crippen MR) is 114 cm³/mol. The van der Waals surface area contributed by atoms with Crippen LogP contribution in [0, 0.1) is 0 Å². The van der Waals surface area contributed by atoms with Crippen LogP contribution < -0.4 is 20.0 Å². The summed E-state index contributed by atoms with van der Waals surface area (Å²) in [5.41, 5.74) is 1.93. The van der Waals surface area contributed by atoms with E-state index in [4.69, 9.17) is 20.8 Å². The van der Waals surface area contributed by atoms with E-state index >= 15 is 0 Å². The minimum atomic E-state index is -0.166. The van der Waals surface area contributed by atoms with Crippen LogP contribution in [0.1, 0.15) is 11.3 Å². The summed E-state index contributed by atoms with van der Waals surface area (Å²) in [7, 11) is 0. The second kappa shape index (κ2) is 9.16. The van der Waals surface area contributed by atoms with E-state index in [0.29, 0.717) is 17.3 Å². The van der Waals surface area contributed by atoms with Gasteiger partial charge in [-0.2, -0.15) is 0 Å². The zero-order valence-corrected chi connectivity index (χ0v) is 16.9. The van der Waals surface area contributed by atoms with Crippen LogP contribution in [0.2, 0.25) is 5.02 Å². The first kappa shape index (κ1) is 19.6. The third kappa shape index (κ3) is 5.00. The van der Waals surface area contributed by atoms with Gasteiger partial charge in [-0.3, -0.25) is 4.79 Å². The standard InChI is InChI=1S/C23H23ClN2O3/c24-21-9-5-4-6-18(21)16-29-23-17-28-20(14-22(23)27)15-25-10-12-26(13-11-25)19-7-2-1-3-8-19/h1-9,14,17H,10-13,15-16H2/p+1. The Morgan fingerprint density at radius 1 is 1.03 bits per heavy atom. The number of rotatable bonds is 6. The smallest absolute Gasteiger partial charge is 0.227 e. The maximum Gasteiger partial charge on any atom is 0.227 e. The molecule has 4 rings (SSSR count). The SMILES string of the molecule is O=c1cc(C[NH+]2CCN(c3ccccc3)CC2)occ1OCc1ccccc1Cl. The van der Waals surface area contributed by atoms with Crippen molar-refractivity contribution >= 4 is 17.3 Å². The van der Waals surface area contributed by atoms with Crippen molar-refractivity contribution in [2.45, 2.75) is 13.2 Å². The van der Waals surface area contributed by atoms with Crippen molar-refractivity contribution in [1.82, 2.24) is 0 Å². The van der Waals surface area contributed by atoms with E-state index < -0.39 is 0 Å². The lowest BCUT2D eigenvalue weighted by Crippen LogP contribution is -3.13. The number of para-hydroxylation sites is 1. The molecule has 0 unspecified atom stereocenters. The Kier molecular flexibility index (Phi) is 6.17. The lowest BCUT2D eigenvalue weighted by molar-refractivity contribution is -0.915. The molecule has 0 bridgehead atoms. The molecule has 0 aliphatic carbocycles. The molecule has 3 aromatic rings. The van der Waals surface area contributed by atoms with E-state index in [9.17, 15) is 4.79 Å². The zero-order valence-electron chi connectivity index (χ0n) is 16.1. The maximum absolute atomic E-state index is 12.4. The Labute approximate surface area is 175 Å². The highest BCUT2D eigenvalue weighted by Crippen LogP contribution is 2.17. The van der Waals surface area contributed by atoms with Gasteiger partial charge in [0.25, 0.3) is 0 Å². The number of benzene rings is 2. The number of nitrogens with one attached hydrogen (secondary N) is 1. The lowest BCUT2D eigenvalue weighted by Gasteiger charge is -2.33. The number of halogens is 1. The van der Waals surface area contributed by atoms with Crippen molar-refractivity contribution in [3.63, 3.8) is 0 Å². The fraction of sp³-hybridized carbons (Fsp3) is 0.261. The van der Waals surface area contributed by atoms with Crippen molar-refractivity contribution in [1.29, 1.82) is 0 Å². The number of anilines is 1. The average molecular weight is 412 g/mol. The number of quaternary nitrogens is 1. The Morgan fingerprint density at radius 2 is 1.76 bits per heavy atom. The van der Waals surface area contributed by atoms with Gasteiger partial charge in [-0.05, 0) is 18.2 Å². The van der Waals surface area contributed by atoms with E-state index in [1.807, 2.05) is 24.3 Å². The molecule has 5 nitrogen and oxygen atoms in total. The van der Waals surface area contributed by atoms with E-state index in [0.717, 1.165) is 31.7 Å². The Bertz CT molecular complexity index is 998. The maximum atomic E-state index is 12.4. The van der Waals surface area contributed by atoms with Gasteiger partial charge in [0, 0.05) is 22.3 Å². The van der Waals surface area contributed by atoms with Gasteiger partial charge in [-0.25, -0.2) is 0 Å². The van der Waals surface area contributed by atoms with Gasteiger partial charge in [0.05, 0.1) is 26.2 Å². The summed E-state index contributed by atoms with van der Waals surface area (Å²) >= 11 is 6.13. The van der Waals surface area contributed by atoms with Gasteiger partial charge in [0.15, 0.2) is 5.76 Å². The first-order chi connectivity index (χ1) is 14.2. The molecule has 2 heterocycles. The van der Waals surface area contributed by atoms with Gasteiger partial charge in [0.2, 0.25) is 11.2 Å².